The molecule has 3 heteroatoms. The minimum Gasteiger partial charge on any atom is -0.339 e. The standard InChI is InChI=1S/C15H20N2O/c1-17(15(18)11-5-3-2-4-6-11)14-9-12-7-8-13(10-14)16-12/h2-6,12-14,16H,7-10H2,1H3/t12-,13+,14+. The van der Waals surface area contributed by atoms with Crippen molar-refractivity contribution < 1.29 is 4.79 Å². The zero-order chi connectivity index (χ0) is 12.5. The summed E-state index contributed by atoms with van der Waals surface area (Å²) in [6.07, 6.45) is 4.75. The van der Waals surface area contributed by atoms with Gasteiger partial charge in [-0.2, -0.15) is 0 Å². The number of carbonyl (C=O) groups excluding carboxylic acids is 1. The Morgan fingerprint density at radius 1 is 1.17 bits per heavy atom. The summed E-state index contributed by atoms with van der Waals surface area (Å²) in [6, 6.07) is 11.2. The molecule has 0 aromatic heterocycles. The number of amides is 1. The summed E-state index contributed by atoms with van der Waals surface area (Å²) in [5.41, 5.74) is 0.797. The van der Waals surface area contributed by atoms with Gasteiger partial charge in [0.15, 0.2) is 0 Å². The zero-order valence-electron chi connectivity index (χ0n) is 10.8. The molecule has 1 aromatic carbocycles. The van der Waals surface area contributed by atoms with E-state index in [0.29, 0.717) is 18.1 Å². The Labute approximate surface area is 108 Å². The van der Waals surface area contributed by atoms with E-state index in [9.17, 15) is 4.79 Å². The summed E-state index contributed by atoms with van der Waals surface area (Å²) in [4.78, 5) is 14.3. The van der Waals surface area contributed by atoms with Gasteiger partial charge in [-0.1, -0.05) is 18.2 Å². The highest BCUT2D eigenvalue weighted by Crippen LogP contribution is 2.29. The Morgan fingerprint density at radius 3 is 2.39 bits per heavy atom. The fraction of sp³-hybridized carbons (Fsp3) is 0.533. The first-order chi connectivity index (χ1) is 8.74. The third-order valence-electron chi connectivity index (χ3n) is 4.34. The fourth-order valence-corrected chi connectivity index (χ4v) is 3.29. The van der Waals surface area contributed by atoms with Crippen LogP contribution in [0.3, 0.4) is 0 Å². The van der Waals surface area contributed by atoms with Crippen LogP contribution >= 0.6 is 0 Å². The van der Waals surface area contributed by atoms with Crippen molar-refractivity contribution in [3.05, 3.63) is 35.9 Å². The lowest BCUT2D eigenvalue weighted by Crippen LogP contribution is -2.48. The van der Waals surface area contributed by atoms with Crippen LogP contribution in [0.2, 0.25) is 0 Å². The number of hydrogen-bond donors (Lipinski definition) is 1. The van der Waals surface area contributed by atoms with E-state index >= 15 is 0 Å². The fourth-order valence-electron chi connectivity index (χ4n) is 3.29. The molecule has 1 amide bonds. The Bertz CT molecular complexity index is 419. The van der Waals surface area contributed by atoms with Gasteiger partial charge < -0.3 is 10.2 Å². The maximum absolute atomic E-state index is 12.4. The Kier molecular flexibility index (Phi) is 3.08. The van der Waals surface area contributed by atoms with E-state index in [4.69, 9.17) is 0 Å². The minimum atomic E-state index is 0.155. The van der Waals surface area contributed by atoms with Crippen molar-refractivity contribution in [2.45, 2.75) is 43.8 Å². The summed E-state index contributed by atoms with van der Waals surface area (Å²) in [5, 5.41) is 3.62. The molecule has 2 fully saturated rings. The lowest BCUT2D eigenvalue weighted by molar-refractivity contribution is 0.0681. The molecule has 96 valence electrons. The zero-order valence-corrected chi connectivity index (χ0v) is 10.8. The number of piperidine rings is 1. The second kappa shape index (κ2) is 4.73. The molecule has 2 aliphatic heterocycles. The van der Waals surface area contributed by atoms with E-state index in [1.54, 1.807) is 0 Å². The third kappa shape index (κ3) is 2.15. The third-order valence-corrected chi connectivity index (χ3v) is 4.34. The normalized spacial score (nSPS) is 30.2. The van der Waals surface area contributed by atoms with Crippen LogP contribution in [0.4, 0.5) is 0 Å². The number of carbonyl (C=O) groups is 1. The van der Waals surface area contributed by atoms with Gasteiger partial charge in [-0.15, -0.1) is 0 Å². The van der Waals surface area contributed by atoms with Gasteiger partial charge in [-0.05, 0) is 37.8 Å². The first-order valence-electron chi connectivity index (χ1n) is 6.82. The maximum atomic E-state index is 12.4. The SMILES string of the molecule is CN(C(=O)c1ccccc1)[C@H]1C[C@H]2CC[C@@H](C1)N2. The number of benzene rings is 1. The second-order valence-electron chi connectivity index (χ2n) is 5.55. The van der Waals surface area contributed by atoms with Crippen LogP contribution in [0.15, 0.2) is 30.3 Å². The molecule has 2 aliphatic rings. The van der Waals surface area contributed by atoms with E-state index in [2.05, 4.69) is 5.32 Å². The molecule has 3 rings (SSSR count). The molecule has 0 aliphatic carbocycles. The van der Waals surface area contributed by atoms with Gasteiger partial charge in [0.25, 0.3) is 5.91 Å². The molecule has 18 heavy (non-hydrogen) atoms. The highest BCUT2D eigenvalue weighted by atomic mass is 16.2. The smallest absolute Gasteiger partial charge is 0.253 e. The number of hydrogen-bond acceptors (Lipinski definition) is 2. The molecule has 2 saturated heterocycles. The molecule has 0 radical (unpaired) electrons. The van der Waals surface area contributed by atoms with Gasteiger partial charge >= 0.3 is 0 Å². The molecule has 2 bridgehead atoms. The van der Waals surface area contributed by atoms with Crippen LogP contribution in [-0.4, -0.2) is 36.0 Å². The van der Waals surface area contributed by atoms with Crippen LogP contribution in [0.25, 0.3) is 0 Å². The Balaban J connectivity index is 1.71. The average Bonchev–Trinajstić information content (AvgIpc) is 2.77. The van der Waals surface area contributed by atoms with Crippen LogP contribution in [0, 0.1) is 0 Å². The molecule has 0 unspecified atom stereocenters. The summed E-state index contributed by atoms with van der Waals surface area (Å²) in [5.74, 6) is 0.155. The van der Waals surface area contributed by atoms with Crippen LogP contribution in [-0.2, 0) is 0 Å². The van der Waals surface area contributed by atoms with Crippen molar-refractivity contribution >= 4 is 5.91 Å². The van der Waals surface area contributed by atoms with Crippen molar-refractivity contribution in [3.63, 3.8) is 0 Å². The van der Waals surface area contributed by atoms with Crippen molar-refractivity contribution in [1.29, 1.82) is 0 Å². The molecule has 3 atom stereocenters. The van der Waals surface area contributed by atoms with Crippen LogP contribution in [0.5, 0.6) is 0 Å². The van der Waals surface area contributed by atoms with Crippen LogP contribution < -0.4 is 5.32 Å². The number of nitrogens with zero attached hydrogens (tertiary/aromatic N) is 1. The van der Waals surface area contributed by atoms with E-state index in [0.717, 1.165) is 18.4 Å². The molecule has 3 nitrogen and oxygen atoms in total. The Morgan fingerprint density at radius 2 is 1.78 bits per heavy atom. The predicted molar refractivity (Wildman–Crippen MR) is 71.5 cm³/mol. The van der Waals surface area contributed by atoms with Crippen LogP contribution in [0.1, 0.15) is 36.0 Å². The summed E-state index contributed by atoms with van der Waals surface area (Å²) in [7, 11) is 1.95. The summed E-state index contributed by atoms with van der Waals surface area (Å²) in [6.45, 7) is 0. The predicted octanol–water partition coefficient (Wildman–Crippen LogP) is 2.04. The quantitative estimate of drug-likeness (QED) is 0.863. The molecule has 0 saturated carbocycles. The molecular weight excluding hydrogens is 224 g/mol. The lowest BCUT2D eigenvalue weighted by atomic mass is 9.98. The number of rotatable bonds is 2. The number of fused-ring (bicyclic) bond motifs is 2. The first-order valence-corrected chi connectivity index (χ1v) is 6.82. The lowest BCUT2D eigenvalue weighted by Gasteiger charge is -2.35. The molecule has 1 aromatic rings. The second-order valence-corrected chi connectivity index (χ2v) is 5.55. The maximum Gasteiger partial charge on any atom is 0.253 e. The molecule has 1 N–H and O–H groups in total. The van der Waals surface area contributed by atoms with Gasteiger partial charge in [0.2, 0.25) is 0 Å². The first kappa shape index (κ1) is 11.7. The Hall–Kier alpha value is -1.35. The van der Waals surface area contributed by atoms with Crippen molar-refractivity contribution in [2.24, 2.45) is 0 Å². The highest BCUT2D eigenvalue weighted by molar-refractivity contribution is 5.94. The monoisotopic (exact) mass is 244 g/mol. The van der Waals surface area contributed by atoms with Gasteiger partial charge in [-0.3, -0.25) is 4.79 Å². The minimum absolute atomic E-state index is 0.155. The topological polar surface area (TPSA) is 32.3 Å². The van der Waals surface area contributed by atoms with E-state index in [1.165, 1.54) is 12.8 Å². The van der Waals surface area contributed by atoms with Gasteiger partial charge in [0, 0.05) is 30.7 Å². The molecule has 2 heterocycles. The largest absolute Gasteiger partial charge is 0.339 e. The molecule has 0 spiro atoms. The summed E-state index contributed by atoms with van der Waals surface area (Å²) >= 11 is 0. The number of nitrogens with one attached hydrogen (secondary N) is 1. The van der Waals surface area contributed by atoms with Gasteiger partial charge in [0.05, 0.1) is 0 Å². The van der Waals surface area contributed by atoms with Crippen molar-refractivity contribution in [2.75, 3.05) is 7.05 Å². The van der Waals surface area contributed by atoms with E-state index < -0.39 is 0 Å². The highest BCUT2D eigenvalue weighted by Gasteiger charge is 2.36. The average molecular weight is 244 g/mol. The van der Waals surface area contributed by atoms with E-state index in [1.807, 2.05) is 42.3 Å². The summed E-state index contributed by atoms with van der Waals surface area (Å²) < 4.78 is 0. The van der Waals surface area contributed by atoms with E-state index in [-0.39, 0.29) is 5.91 Å². The van der Waals surface area contributed by atoms with Gasteiger partial charge in [-0.25, -0.2) is 0 Å². The van der Waals surface area contributed by atoms with Gasteiger partial charge in [0.1, 0.15) is 0 Å². The van der Waals surface area contributed by atoms with Crippen molar-refractivity contribution in [1.82, 2.24) is 10.2 Å². The molecular formula is C15H20N2O. The van der Waals surface area contributed by atoms with Crippen molar-refractivity contribution in [3.8, 4) is 0 Å².